The van der Waals surface area contributed by atoms with Crippen LogP contribution < -0.4 is 4.74 Å². The lowest BCUT2D eigenvalue weighted by atomic mass is 9.92. The van der Waals surface area contributed by atoms with Crippen molar-refractivity contribution in [2.45, 2.75) is 25.7 Å². The Kier molecular flexibility index (Phi) is 4.60. The maximum Gasteiger partial charge on any atom is 0.119 e. The third kappa shape index (κ3) is 3.54. The van der Waals surface area contributed by atoms with E-state index in [0.29, 0.717) is 0 Å². The fourth-order valence-corrected chi connectivity index (χ4v) is 4.01. The molecule has 3 aromatic carbocycles. The average molecular weight is 381 g/mol. The average Bonchev–Trinajstić information content (AvgIpc) is 3.25. The predicted molar refractivity (Wildman–Crippen MR) is 115 cm³/mol. The summed E-state index contributed by atoms with van der Waals surface area (Å²) in [7, 11) is 1.68. The van der Waals surface area contributed by atoms with Crippen molar-refractivity contribution in [1.82, 2.24) is 15.0 Å². The minimum atomic E-state index is 0.832. The van der Waals surface area contributed by atoms with E-state index in [9.17, 15) is 0 Å². The van der Waals surface area contributed by atoms with E-state index >= 15 is 0 Å². The fourth-order valence-electron chi connectivity index (χ4n) is 4.01. The molecule has 4 aliphatic rings. The molecule has 4 aromatic rings. The van der Waals surface area contributed by atoms with Crippen LogP contribution in [-0.2, 0) is 25.7 Å². The number of nitrogens with zero attached hydrogens (tertiary/aromatic N) is 3. The minimum absolute atomic E-state index is 0.832. The molecule has 4 aliphatic carbocycles. The number of hydrogen-bond acceptors (Lipinski definition) is 3. The smallest absolute Gasteiger partial charge is 0.119 e. The largest absolute Gasteiger partial charge is 0.497 e. The Labute approximate surface area is 170 Å². The minimum Gasteiger partial charge on any atom is -0.497 e. The summed E-state index contributed by atoms with van der Waals surface area (Å²) < 4.78 is 7.21. The summed E-state index contributed by atoms with van der Waals surface area (Å²) in [6.07, 6.45) is 5.96. The van der Waals surface area contributed by atoms with Crippen molar-refractivity contribution in [3.8, 4) is 22.7 Å². The monoisotopic (exact) mass is 381 g/mol. The molecular weight excluding hydrogens is 358 g/mol. The maximum atomic E-state index is 5.29. The molecule has 0 aliphatic heterocycles. The summed E-state index contributed by atoms with van der Waals surface area (Å²) in [6.45, 7) is 0. The molecule has 0 spiro atoms. The van der Waals surface area contributed by atoms with E-state index in [0.717, 1.165) is 42.8 Å². The number of aryl methyl sites for hydroxylation is 4. The van der Waals surface area contributed by atoms with Gasteiger partial charge in [-0.15, -0.1) is 5.10 Å². The lowest BCUT2D eigenvalue weighted by Crippen LogP contribution is -2.04. The van der Waals surface area contributed by atoms with Gasteiger partial charge in [-0.3, -0.25) is 0 Å². The van der Waals surface area contributed by atoms with Crippen LogP contribution in [0.5, 0.6) is 5.75 Å². The van der Waals surface area contributed by atoms with E-state index in [2.05, 4.69) is 52.8 Å². The van der Waals surface area contributed by atoms with Gasteiger partial charge in [0.1, 0.15) is 5.75 Å². The van der Waals surface area contributed by atoms with Crippen molar-refractivity contribution in [1.29, 1.82) is 0 Å². The molecule has 0 N–H and O–H groups in total. The van der Waals surface area contributed by atoms with Crippen molar-refractivity contribution in [3.05, 3.63) is 95.2 Å². The molecule has 4 nitrogen and oxygen atoms in total. The van der Waals surface area contributed by atoms with Crippen LogP contribution >= 0.6 is 0 Å². The lowest BCUT2D eigenvalue weighted by Gasteiger charge is -2.15. The highest BCUT2D eigenvalue weighted by atomic mass is 16.5. The zero-order chi connectivity index (χ0) is 19.6. The van der Waals surface area contributed by atoms with E-state index in [-0.39, 0.29) is 0 Å². The van der Waals surface area contributed by atoms with Crippen LogP contribution in [0, 0.1) is 0 Å². The van der Waals surface area contributed by atoms with Gasteiger partial charge in [-0.25, -0.2) is 4.68 Å². The summed E-state index contributed by atoms with van der Waals surface area (Å²) in [5.41, 5.74) is 8.67. The van der Waals surface area contributed by atoms with E-state index in [1.807, 2.05) is 35.1 Å². The van der Waals surface area contributed by atoms with Gasteiger partial charge in [0.05, 0.1) is 24.7 Å². The standard InChI is InChI=1S/C25H23N3O/c1-29-23-14-12-22(13-15-23)28-25(17-26-27-28)24-16-20-7-6-18-2-4-19(5-3-18)8-10-21(24)11-9-20/h2-5,9,11-17H,6-8,10H2,1H3. The first-order valence-electron chi connectivity index (χ1n) is 10.1. The number of aromatic nitrogens is 3. The SMILES string of the molecule is COc1ccc(-n2nncc2-c2cc3ccc2CCc2ccc(cc2)CC3)cc1. The first-order chi connectivity index (χ1) is 14.3. The van der Waals surface area contributed by atoms with E-state index in [1.165, 1.54) is 27.8 Å². The molecular formula is C25H23N3O. The molecule has 0 radical (unpaired) electrons. The maximum absolute atomic E-state index is 5.29. The van der Waals surface area contributed by atoms with Gasteiger partial charge in [-0.1, -0.05) is 41.6 Å². The zero-order valence-corrected chi connectivity index (χ0v) is 16.5. The molecule has 144 valence electrons. The second-order valence-electron chi connectivity index (χ2n) is 7.54. The van der Waals surface area contributed by atoms with Crippen LogP contribution in [-0.4, -0.2) is 22.1 Å². The number of ether oxygens (including phenoxy) is 1. The Morgan fingerprint density at radius 3 is 2.14 bits per heavy atom. The van der Waals surface area contributed by atoms with Crippen LogP contribution in [0.1, 0.15) is 22.3 Å². The van der Waals surface area contributed by atoms with Gasteiger partial charge in [-0.05, 0) is 78.3 Å². The molecule has 0 fully saturated rings. The first kappa shape index (κ1) is 17.7. The van der Waals surface area contributed by atoms with Crippen molar-refractivity contribution in [2.75, 3.05) is 7.11 Å². The molecule has 4 heteroatoms. The van der Waals surface area contributed by atoms with Crippen LogP contribution in [0.15, 0.2) is 72.9 Å². The summed E-state index contributed by atoms with van der Waals surface area (Å²) in [6, 6.07) is 23.9. The van der Waals surface area contributed by atoms with Crippen molar-refractivity contribution >= 4 is 0 Å². The van der Waals surface area contributed by atoms with Gasteiger partial charge in [0, 0.05) is 5.56 Å². The van der Waals surface area contributed by atoms with Gasteiger partial charge >= 0.3 is 0 Å². The van der Waals surface area contributed by atoms with E-state index in [1.54, 1.807) is 7.11 Å². The van der Waals surface area contributed by atoms with Crippen LogP contribution in [0.25, 0.3) is 16.9 Å². The third-order valence-electron chi connectivity index (χ3n) is 5.72. The Morgan fingerprint density at radius 1 is 0.759 bits per heavy atom. The topological polar surface area (TPSA) is 39.9 Å². The second-order valence-corrected chi connectivity index (χ2v) is 7.54. The molecule has 1 heterocycles. The number of hydrogen-bond donors (Lipinski definition) is 0. The Hall–Kier alpha value is -3.40. The van der Waals surface area contributed by atoms with Gasteiger partial charge < -0.3 is 4.74 Å². The predicted octanol–water partition coefficient (Wildman–Crippen LogP) is 4.83. The van der Waals surface area contributed by atoms with Crippen LogP contribution in [0.3, 0.4) is 0 Å². The quantitative estimate of drug-likeness (QED) is 0.510. The van der Waals surface area contributed by atoms with E-state index in [4.69, 9.17) is 4.74 Å². The van der Waals surface area contributed by atoms with Gasteiger partial charge in [0.25, 0.3) is 0 Å². The highest BCUT2D eigenvalue weighted by Crippen LogP contribution is 2.29. The molecule has 8 rings (SSSR count). The van der Waals surface area contributed by atoms with Gasteiger partial charge in [-0.2, -0.15) is 0 Å². The fraction of sp³-hybridized carbons (Fsp3) is 0.200. The Balaban J connectivity index is 1.57. The zero-order valence-electron chi connectivity index (χ0n) is 16.5. The molecule has 0 saturated heterocycles. The Bertz CT molecular complexity index is 1130. The summed E-state index contributed by atoms with van der Waals surface area (Å²) in [5, 5.41) is 8.61. The summed E-state index contributed by atoms with van der Waals surface area (Å²) >= 11 is 0. The lowest BCUT2D eigenvalue weighted by molar-refractivity contribution is 0.414. The number of benzene rings is 3. The summed E-state index contributed by atoms with van der Waals surface area (Å²) in [5.74, 6) is 0.832. The first-order valence-corrected chi connectivity index (χ1v) is 10.1. The molecule has 0 amide bonds. The normalized spacial score (nSPS) is 13.1. The Morgan fingerprint density at radius 2 is 1.41 bits per heavy atom. The van der Waals surface area contributed by atoms with Gasteiger partial charge in [0.2, 0.25) is 0 Å². The molecule has 1 aromatic heterocycles. The van der Waals surface area contributed by atoms with Crippen molar-refractivity contribution in [3.63, 3.8) is 0 Å². The van der Waals surface area contributed by atoms with Crippen molar-refractivity contribution < 1.29 is 4.74 Å². The number of rotatable bonds is 3. The molecule has 29 heavy (non-hydrogen) atoms. The number of methoxy groups -OCH3 is 1. The van der Waals surface area contributed by atoms with Gasteiger partial charge in [0.15, 0.2) is 0 Å². The van der Waals surface area contributed by atoms with Crippen molar-refractivity contribution in [2.24, 2.45) is 0 Å². The molecule has 0 unspecified atom stereocenters. The molecule has 0 atom stereocenters. The highest BCUT2D eigenvalue weighted by molar-refractivity contribution is 5.66. The third-order valence-corrected chi connectivity index (χ3v) is 5.72. The highest BCUT2D eigenvalue weighted by Gasteiger charge is 2.15. The van der Waals surface area contributed by atoms with E-state index < -0.39 is 0 Å². The second kappa shape index (κ2) is 7.55. The molecule has 0 saturated carbocycles. The van der Waals surface area contributed by atoms with Crippen LogP contribution in [0.4, 0.5) is 0 Å². The summed E-state index contributed by atoms with van der Waals surface area (Å²) in [4.78, 5) is 0. The van der Waals surface area contributed by atoms with Crippen LogP contribution in [0.2, 0.25) is 0 Å². The molecule has 4 bridgehead atoms.